The van der Waals surface area contributed by atoms with Crippen LogP contribution in [0.3, 0.4) is 0 Å². The van der Waals surface area contributed by atoms with Crippen LogP contribution in [0.15, 0.2) is 67.1 Å². The van der Waals surface area contributed by atoms with E-state index < -0.39 is 0 Å². The van der Waals surface area contributed by atoms with E-state index in [-0.39, 0.29) is 5.91 Å². The minimum Gasteiger partial charge on any atom is -0.336 e. The molecular formula is C20H21N5O. The molecule has 1 amide bonds. The quantitative estimate of drug-likeness (QED) is 0.726. The molecule has 26 heavy (non-hydrogen) atoms. The Morgan fingerprint density at radius 2 is 1.73 bits per heavy atom. The highest BCUT2D eigenvalue weighted by Crippen LogP contribution is 2.13. The summed E-state index contributed by atoms with van der Waals surface area (Å²) in [6.45, 7) is 4.06. The van der Waals surface area contributed by atoms with Gasteiger partial charge in [-0.3, -0.25) is 14.7 Å². The summed E-state index contributed by atoms with van der Waals surface area (Å²) >= 11 is 0. The van der Waals surface area contributed by atoms with Crippen LogP contribution in [0.5, 0.6) is 0 Å². The molecule has 1 aliphatic heterocycles. The van der Waals surface area contributed by atoms with Crippen LogP contribution in [0.1, 0.15) is 16.1 Å². The number of amides is 1. The van der Waals surface area contributed by atoms with Crippen molar-refractivity contribution in [1.82, 2.24) is 24.6 Å². The first-order chi connectivity index (χ1) is 12.8. The van der Waals surface area contributed by atoms with Gasteiger partial charge in [0.15, 0.2) is 0 Å². The van der Waals surface area contributed by atoms with E-state index >= 15 is 0 Å². The van der Waals surface area contributed by atoms with E-state index in [1.54, 1.807) is 10.9 Å². The van der Waals surface area contributed by atoms with E-state index in [9.17, 15) is 4.79 Å². The van der Waals surface area contributed by atoms with Gasteiger partial charge in [0.25, 0.3) is 5.91 Å². The summed E-state index contributed by atoms with van der Waals surface area (Å²) in [7, 11) is 0. The summed E-state index contributed by atoms with van der Waals surface area (Å²) in [5.74, 6) is 0.0921. The fourth-order valence-electron chi connectivity index (χ4n) is 3.19. The molecule has 1 aromatic carbocycles. The molecule has 0 N–H and O–H groups in total. The second-order valence-electron chi connectivity index (χ2n) is 6.39. The molecule has 1 saturated heterocycles. The van der Waals surface area contributed by atoms with Crippen LogP contribution in [-0.2, 0) is 6.54 Å². The third-order valence-corrected chi connectivity index (χ3v) is 4.65. The number of rotatable bonds is 4. The van der Waals surface area contributed by atoms with E-state index in [0.29, 0.717) is 0 Å². The zero-order chi connectivity index (χ0) is 17.8. The van der Waals surface area contributed by atoms with Gasteiger partial charge in [0.05, 0.1) is 11.4 Å². The van der Waals surface area contributed by atoms with Gasteiger partial charge in [0.1, 0.15) is 0 Å². The molecule has 4 rings (SSSR count). The van der Waals surface area contributed by atoms with E-state index in [1.165, 1.54) is 0 Å². The summed E-state index contributed by atoms with van der Waals surface area (Å²) in [6.07, 6.45) is 5.45. The van der Waals surface area contributed by atoms with Crippen LogP contribution in [0, 0.1) is 0 Å². The number of benzene rings is 1. The highest BCUT2D eigenvalue weighted by atomic mass is 16.2. The zero-order valence-electron chi connectivity index (χ0n) is 14.5. The molecule has 1 fully saturated rings. The Hall–Kier alpha value is -2.99. The lowest BCUT2D eigenvalue weighted by Crippen LogP contribution is -2.48. The molecule has 0 atom stereocenters. The summed E-state index contributed by atoms with van der Waals surface area (Å²) in [4.78, 5) is 21.4. The maximum Gasteiger partial charge on any atom is 0.253 e. The summed E-state index contributed by atoms with van der Waals surface area (Å²) in [6, 6.07) is 15.5. The average Bonchev–Trinajstić information content (AvgIpc) is 3.24. The topological polar surface area (TPSA) is 54.3 Å². The van der Waals surface area contributed by atoms with Crippen molar-refractivity contribution in [3.05, 3.63) is 78.4 Å². The van der Waals surface area contributed by atoms with Crippen molar-refractivity contribution >= 4 is 5.91 Å². The van der Waals surface area contributed by atoms with E-state index in [4.69, 9.17) is 0 Å². The largest absolute Gasteiger partial charge is 0.336 e. The van der Waals surface area contributed by atoms with Crippen LogP contribution in [0.4, 0.5) is 0 Å². The zero-order valence-corrected chi connectivity index (χ0v) is 14.5. The first-order valence-corrected chi connectivity index (χ1v) is 8.81. The van der Waals surface area contributed by atoms with Gasteiger partial charge in [-0.05, 0) is 42.5 Å². The molecule has 0 saturated carbocycles. The normalized spacial score (nSPS) is 15.2. The molecule has 0 unspecified atom stereocenters. The van der Waals surface area contributed by atoms with Crippen LogP contribution >= 0.6 is 0 Å². The lowest BCUT2D eigenvalue weighted by atomic mass is 10.1. The molecule has 0 spiro atoms. The number of carbonyl (C=O) groups is 1. The Balaban J connectivity index is 1.34. The Morgan fingerprint density at radius 3 is 2.38 bits per heavy atom. The third kappa shape index (κ3) is 3.65. The Morgan fingerprint density at radius 1 is 0.923 bits per heavy atom. The lowest BCUT2D eigenvalue weighted by Gasteiger charge is -2.34. The second kappa shape index (κ2) is 7.49. The van der Waals surface area contributed by atoms with Crippen molar-refractivity contribution < 1.29 is 4.79 Å². The van der Waals surface area contributed by atoms with Gasteiger partial charge in [0.2, 0.25) is 0 Å². The molecule has 3 heterocycles. The number of carbonyl (C=O) groups excluding carboxylic acids is 1. The number of hydrogen-bond donors (Lipinski definition) is 0. The van der Waals surface area contributed by atoms with Crippen LogP contribution in [-0.4, -0.2) is 56.7 Å². The highest BCUT2D eigenvalue weighted by molar-refractivity contribution is 5.94. The van der Waals surface area contributed by atoms with Crippen molar-refractivity contribution in [2.75, 3.05) is 26.2 Å². The molecule has 3 aromatic rings. The molecule has 132 valence electrons. The van der Waals surface area contributed by atoms with Gasteiger partial charge in [-0.1, -0.05) is 6.07 Å². The molecule has 0 aliphatic carbocycles. The SMILES string of the molecule is O=C(c1ccc(-n2cccn2)cc1)N1CCN(Cc2ccccn2)CC1. The van der Waals surface area contributed by atoms with Gasteiger partial charge in [-0.2, -0.15) is 5.10 Å². The summed E-state index contributed by atoms with van der Waals surface area (Å²) in [5, 5.41) is 4.20. The van der Waals surface area contributed by atoms with Crippen molar-refractivity contribution in [1.29, 1.82) is 0 Å². The van der Waals surface area contributed by atoms with Gasteiger partial charge in [0, 0.05) is 56.9 Å². The first-order valence-electron chi connectivity index (χ1n) is 8.81. The van der Waals surface area contributed by atoms with Crippen LogP contribution < -0.4 is 0 Å². The maximum atomic E-state index is 12.7. The summed E-state index contributed by atoms with van der Waals surface area (Å²) in [5.41, 5.74) is 2.74. The van der Waals surface area contributed by atoms with Crippen molar-refractivity contribution in [2.45, 2.75) is 6.54 Å². The highest BCUT2D eigenvalue weighted by Gasteiger charge is 2.22. The predicted octanol–water partition coefficient (Wildman–Crippen LogP) is 2.23. The minimum absolute atomic E-state index is 0.0921. The number of aromatic nitrogens is 3. The van der Waals surface area contributed by atoms with Gasteiger partial charge < -0.3 is 4.90 Å². The van der Waals surface area contributed by atoms with Crippen LogP contribution in [0.25, 0.3) is 5.69 Å². The van der Waals surface area contributed by atoms with Gasteiger partial charge in [-0.15, -0.1) is 0 Å². The lowest BCUT2D eigenvalue weighted by molar-refractivity contribution is 0.0627. The number of piperazine rings is 1. The van der Waals surface area contributed by atoms with E-state index in [2.05, 4.69) is 15.0 Å². The van der Waals surface area contributed by atoms with E-state index in [1.807, 2.05) is 65.8 Å². The Bertz CT molecular complexity index is 838. The van der Waals surface area contributed by atoms with Crippen LogP contribution in [0.2, 0.25) is 0 Å². The number of pyridine rings is 1. The smallest absolute Gasteiger partial charge is 0.253 e. The minimum atomic E-state index is 0.0921. The number of nitrogens with zero attached hydrogens (tertiary/aromatic N) is 5. The average molecular weight is 347 g/mol. The molecule has 1 aliphatic rings. The third-order valence-electron chi connectivity index (χ3n) is 4.65. The Labute approximate surface area is 152 Å². The monoisotopic (exact) mass is 347 g/mol. The first kappa shape index (κ1) is 16.5. The van der Waals surface area contributed by atoms with Crippen molar-refractivity contribution in [3.8, 4) is 5.69 Å². The Kier molecular flexibility index (Phi) is 4.75. The predicted molar refractivity (Wildman–Crippen MR) is 99.0 cm³/mol. The molecule has 6 heteroatoms. The van der Waals surface area contributed by atoms with Crippen molar-refractivity contribution in [3.63, 3.8) is 0 Å². The fraction of sp³-hybridized carbons (Fsp3) is 0.250. The molecular weight excluding hydrogens is 326 g/mol. The van der Waals surface area contributed by atoms with Crippen molar-refractivity contribution in [2.24, 2.45) is 0 Å². The standard InChI is InChI=1S/C20H21N5O/c26-20(17-5-7-19(8-6-17)25-11-3-10-22-25)24-14-12-23(13-15-24)16-18-4-1-2-9-21-18/h1-11H,12-16H2. The van der Waals surface area contributed by atoms with Gasteiger partial charge >= 0.3 is 0 Å². The molecule has 0 bridgehead atoms. The maximum absolute atomic E-state index is 12.7. The molecule has 6 nitrogen and oxygen atoms in total. The molecule has 2 aromatic heterocycles. The second-order valence-corrected chi connectivity index (χ2v) is 6.39. The van der Waals surface area contributed by atoms with E-state index in [0.717, 1.165) is 49.7 Å². The fourth-order valence-corrected chi connectivity index (χ4v) is 3.19. The summed E-state index contributed by atoms with van der Waals surface area (Å²) < 4.78 is 1.78. The van der Waals surface area contributed by atoms with Gasteiger partial charge in [-0.25, -0.2) is 4.68 Å². The molecule has 0 radical (unpaired) electrons. The number of hydrogen-bond acceptors (Lipinski definition) is 4.